The van der Waals surface area contributed by atoms with Gasteiger partial charge in [-0.1, -0.05) is 6.92 Å². The van der Waals surface area contributed by atoms with Gasteiger partial charge in [-0.05, 0) is 43.0 Å². The summed E-state index contributed by atoms with van der Waals surface area (Å²) >= 11 is 0. The summed E-state index contributed by atoms with van der Waals surface area (Å²) in [6.45, 7) is 4.40. The van der Waals surface area contributed by atoms with Gasteiger partial charge < -0.3 is 14.6 Å². The number of aromatic nitrogens is 2. The molecule has 0 unspecified atom stereocenters. The summed E-state index contributed by atoms with van der Waals surface area (Å²) in [6, 6.07) is 5.70. The lowest BCUT2D eigenvalue weighted by atomic mass is 10.0. The highest BCUT2D eigenvalue weighted by Crippen LogP contribution is 2.25. The van der Waals surface area contributed by atoms with Gasteiger partial charge >= 0.3 is 0 Å². The van der Waals surface area contributed by atoms with Gasteiger partial charge in [-0.3, -0.25) is 4.79 Å². The van der Waals surface area contributed by atoms with Gasteiger partial charge in [0.15, 0.2) is 0 Å². The lowest BCUT2D eigenvalue weighted by Crippen LogP contribution is -2.25. The van der Waals surface area contributed by atoms with Gasteiger partial charge in [0.25, 0.3) is 5.91 Å². The minimum atomic E-state index is -0.0141. The van der Waals surface area contributed by atoms with Crippen molar-refractivity contribution >= 4 is 5.91 Å². The Morgan fingerprint density at radius 3 is 3.22 bits per heavy atom. The predicted octanol–water partition coefficient (Wildman–Crippen LogP) is 2.59. The quantitative estimate of drug-likeness (QED) is 0.834. The summed E-state index contributed by atoms with van der Waals surface area (Å²) in [4.78, 5) is 16.5. The minimum absolute atomic E-state index is 0.0141. The number of nitrogens with zero attached hydrogens (tertiary/aromatic N) is 2. The minimum Gasteiger partial charge on any atom is -0.493 e. The third-order valence-electron chi connectivity index (χ3n) is 4.15. The first kappa shape index (κ1) is 15.6. The molecule has 0 saturated heterocycles. The molecule has 1 amide bonds. The van der Waals surface area contributed by atoms with Crippen molar-refractivity contribution in [2.75, 3.05) is 13.2 Å². The normalized spacial score (nSPS) is 13.3. The first-order chi connectivity index (χ1) is 11.3. The molecule has 0 saturated carbocycles. The van der Waals surface area contributed by atoms with Crippen LogP contribution >= 0.6 is 0 Å². The second-order valence-corrected chi connectivity index (χ2v) is 5.77. The number of carbonyl (C=O) groups is 1. The van der Waals surface area contributed by atoms with Crippen LogP contribution in [0.2, 0.25) is 0 Å². The molecule has 1 aliphatic rings. The number of benzene rings is 1. The third kappa shape index (κ3) is 3.73. The monoisotopic (exact) mass is 313 g/mol. The zero-order valence-corrected chi connectivity index (χ0v) is 13.5. The van der Waals surface area contributed by atoms with Crippen LogP contribution in [0.15, 0.2) is 30.6 Å². The molecule has 1 aromatic heterocycles. The van der Waals surface area contributed by atoms with E-state index in [1.165, 1.54) is 0 Å². The predicted molar refractivity (Wildman–Crippen MR) is 88.8 cm³/mol. The fourth-order valence-electron chi connectivity index (χ4n) is 2.91. The molecule has 23 heavy (non-hydrogen) atoms. The van der Waals surface area contributed by atoms with Crippen molar-refractivity contribution in [2.24, 2.45) is 0 Å². The van der Waals surface area contributed by atoms with E-state index in [9.17, 15) is 4.79 Å². The highest BCUT2D eigenvalue weighted by Gasteiger charge is 2.13. The van der Waals surface area contributed by atoms with Crippen LogP contribution in [0.3, 0.4) is 0 Å². The molecule has 2 heterocycles. The Kier molecular flexibility index (Phi) is 4.95. The summed E-state index contributed by atoms with van der Waals surface area (Å²) < 4.78 is 7.72. The maximum absolute atomic E-state index is 12.2. The number of ether oxygens (including phenoxy) is 1. The molecule has 3 rings (SSSR count). The number of rotatable bonds is 6. The number of imidazole rings is 1. The molecule has 5 heteroatoms. The van der Waals surface area contributed by atoms with Crippen molar-refractivity contribution in [1.82, 2.24) is 14.9 Å². The Hall–Kier alpha value is -2.30. The molecule has 5 nitrogen and oxygen atoms in total. The number of fused-ring (bicyclic) bond motifs is 1. The summed E-state index contributed by atoms with van der Waals surface area (Å²) in [5.74, 6) is 1.99. The van der Waals surface area contributed by atoms with Gasteiger partial charge in [0.2, 0.25) is 0 Å². The van der Waals surface area contributed by atoms with Crippen molar-refractivity contribution in [1.29, 1.82) is 0 Å². The Morgan fingerprint density at radius 1 is 1.43 bits per heavy atom. The van der Waals surface area contributed by atoms with Crippen LogP contribution in [-0.2, 0) is 19.4 Å². The van der Waals surface area contributed by atoms with Gasteiger partial charge in [0, 0.05) is 37.5 Å². The Bertz CT molecular complexity index is 679. The second kappa shape index (κ2) is 7.31. The maximum Gasteiger partial charge on any atom is 0.251 e. The summed E-state index contributed by atoms with van der Waals surface area (Å²) in [7, 11) is 0. The van der Waals surface area contributed by atoms with Crippen LogP contribution in [0.25, 0.3) is 0 Å². The molecule has 0 radical (unpaired) electrons. The van der Waals surface area contributed by atoms with E-state index in [1.807, 2.05) is 30.6 Å². The fourth-order valence-corrected chi connectivity index (χ4v) is 2.91. The van der Waals surface area contributed by atoms with Crippen molar-refractivity contribution < 1.29 is 9.53 Å². The average Bonchev–Trinajstić information content (AvgIpc) is 3.05. The van der Waals surface area contributed by atoms with Crippen LogP contribution in [0.5, 0.6) is 5.75 Å². The number of nitrogens with one attached hydrogen (secondary N) is 1. The molecule has 0 aliphatic carbocycles. The summed E-state index contributed by atoms with van der Waals surface area (Å²) in [6.07, 6.45) is 7.63. The van der Waals surface area contributed by atoms with Gasteiger partial charge in [-0.25, -0.2) is 4.98 Å². The van der Waals surface area contributed by atoms with Crippen molar-refractivity contribution in [3.63, 3.8) is 0 Å². The van der Waals surface area contributed by atoms with Crippen LogP contribution < -0.4 is 10.1 Å². The molecule has 0 atom stereocenters. The lowest BCUT2D eigenvalue weighted by Gasteiger charge is -2.17. The van der Waals surface area contributed by atoms with Crippen LogP contribution in [0, 0.1) is 0 Å². The molecule has 0 fully saturated rings. The summed E-state index contributed by atoms with van der Waals surface area (Å²) in [5, 5.41) is 2.99. The van der Waals surface area contributed by atoms with Gasteiger partial charge in [-0.2, -0.15) is 0 Å². The van der Waals surface area contributed by atoms with Crippen LogP contribution in [-0.4, -0.2) is 28.6 Å². The van der Waals surface area contributed by atoms with Crippen LogP contribution in [0.1, 0.15) is 41.5 Å². The third-order valence-corrected chi connectivity index (χ3v) is 4.15. The topological polar surface area (TPSA) is 56.2 Å². The molecular formula is C18H23N3O2. The van der Waals surface area contributed by atoms with E-state index in [0.717, 1.165) is 56.0 Å². The maximum atomic E-state index is 12.2. The fraction of sp³-hybridized carbons (Fsp3) is 0.444. The number of carbonyl (C=O) groups excluding carboxylic acids is 1. The van der Waals surface area contributed by atoms with Gasteiger partial charge in [0.05, 0.1) is 6.61 Å². The molecular weight excluding hydrogens is 290 g/mol. The van der Waals surface area contributed by atoms with E-state index >= 15 is 0 Å². The molecule has 2 aromatic rings. The van der Waals surface area contributed by atoms with Gasteiger partial charge in [-0.15, -0.1) is 0 Å². The van der Waals surface area contributed by atoms with Crippen molar-refractivity contribution in [3.05, 3.63) is 47.5 Å². The van der Waals surface area contributed by atoms with E-state index in [-0.39, 0.29) is 5.91 Å². The largest absolute Gasteiger partial charge is 0.493 e. The van der Waals surface area contributed by atoms with E-state index < -0.39 is 0 Å². The highest BCUT2D eigenvalue weighted by molar-refractivity contribution is 5.94. The highest BCUT2D eigenvalue weighted by atomic mass is 16.5. The lowest BCUT2D eigenvalue weighted by molar-refractivity contribution is 0.0952. The van der Waals surface area contributed by atoms with E-state index in [0.29, 0.717) is 12.1 Å². The van der Waals surface area contributed by atoms with E-state index in [2.05, 4.69) is 21.8 Å². The SMILES string of the molecule is CCc1nccn1CCCNC(=O)c1ccc2c(c1)CCCO2. The first-order valence-corrected chi connectivity index (χ1v) is 8.32. The molecule has 1 aromatic carbocycles. The molecule has 122 valence electrons. The molecule has 1 N–H and O–H groups in total. The summed E-state index contributed by atoms with van der Waals surface area (Å²) in [5.41, 5.74) is 1.85. The smallest absolute Gasteiger partial charge is 0.251 e. The Balaban J connectivity index is 1.49. The van der Waals surface area contributed by atoms with Crippen LogP contribution in [0.4, 0.5) is 0 Å². The standard InChI is InChI=1S/C18H23N3O2/c1-2-17-19-9-11-21(17)10-4-8-20-18(22)15-6-7-16-14(13-15)5-3-12-23-16/h6-7,9,11,13H,2-5,8,10,12H2,1H3,(H,20,22). The molecule has 0 bridgehead atoms. The molecule has 0 spiro atoms. The number of amides is 1. The second-order valence-electron chi connectivity index (χ2n) is 5.77. The number of hydrogen-bond donors (Lipinski definition) is 1. The van der Waals surface area contributed by atoms with E-state index in [1.54, 1.807) is 0 Å². The zero-order chi connectivity index (χ0) is 16.1. The Labute approximate surface area is 136 Å². The molecule has 1 aliphatic heterocycles. The van der Waals surface area contributed by atoms with E-state index in [4.69, 9.17) is 4.74 Å². The van der Waals surface area contributed by atoms with Crippen molar-refractivity contribution in [2.45, 2.75) is 39.2 Å². The van der Waals surface area contributed by atoms with Gasteiger partial charge in [0.1, 0.15) is 11.6 Å². The average molecular weight is 313 g/mol. The van der Waals surface area contributed by atoms with Crippen molar-refractivity contribution in [3.8, 4) is 5.75 Å². The number of hydrogen-bond acceptors (Lipinski definition) is 3. The zero-order valence-electron chi connectivity index (χ0n) is 13.5. The Morgan fingerprint density at radius 2 is 2.35 bits per heavy atom. The number of aryl methyl sites for hydroxylation is 3. The first-order valence-electron chi connectivity index (χ1n) is 8.32.